The Morgan fingerprint density at radius 3 is 2.65 bits per heavy atom. The first-order valence-corrected chi connectivity index (χ1v) is 8.02. The number of fused-ring (bicyclic) bond motifs is 1. The number of imidazole rings is 1. The van der Waals surface area contributed by atoms with Crippen molar-refractivity contribution in [2.45, 2.75) is 13.5 Å². The van der Waals surface area contributed by atoms with Crippen LogP contribution in [0.1, 0.15) is 5.56 Å². The standard InChI is InChI=1S/C18H16N6O2/c1-11-6-8-12(9-7-11)20-15(25)10-24-14-5-3-2-4-13(14)21-18(24)16-17(19)23-26-22-16/h2-9H,10H2,1H3,(H2,19,23)(H,20,25). The largest absolute Gasteiger partial charge is 0.379 e. The molecule has 0 saturated carbocycles. The molecule has 1 amide bonds. The number of nitrogens with two attached hydrogens (primary N) is 1. The van der Waals surface area contributed by atoms with E-state index in [-0.39, 0.29) is 18.3 Å². The predicted molar refractivity (Wildman–Crippen MR) is 97.2 cm³/mol. The summed E-state index contributed by atoms with van der Waals surface area (Å²) >= 11 is 0. The van der Waals surface area contributed by atoms with Gasteiger partial charge in [-0.15, -0.1) is 0 Å². The summed E-state index contributed by atoms with van der Waals surface area (Å²) in [7, 11) is 0. The van der Waals surface area contributed by atoms with E-state index in [2.05, 4.69) is 25.2 Å². The Morgan fingerprint density at radius 1 is 1.15 bits per heavy atom. The molecule has 0 saturated heterocycles. The number of nitrogens with zero attached hydrogens (tertiary/aromatic N) is 4. The summed E-state index contributed by atoms with van der Waals surface area (Å²) in [5.74, 6) is 0.373. The molecule has 130 valence electrons. The van der Waals surface area contributed by atoms with Crippen molar-refractivity contribution >= 4 is 28.4 Å². The highest BCUT2D eigenvalue weighted by Gasteiger charge is 2.20. The zero-order chi connectivity index (χ0) is 18.1. The number of aryl methyl sites for hydroxylation is 1. The molecule has 0 spiro atoms. The Morgan fingerprint density at radius 2 is 1.92 bits per heavy atom. The maximum Gasteiger partial charge on any atom is 0.244 e. The second-order valence-electron chi connectivity index (χ2n) is 5.92. The van der Waals surface area contributed by atoms with Gasteiger partial charge in [0.05, 0.1) is 11.0 Å². The van der Waals surface area contributed by atoms with Gasteiger partial charge in [0.1, 0.15) is 6.54 Å². The van der Waals surface area contributed by atoms with Gasteiger partial charge >= 0.3 is 0 Å². The van der Waals surface area contributed by atoms with E-state index in [1.54, 1.807) is 4.57 Å². The maximum atomic E-state index is 12.6. The van der Waals surface area contributed by atoms with E-state index in [0.717, 1.165) is 22.3 Å². The molecular formula is C18H16N6O2. The lowest BCUT2D eigenvalue weighted by Gasteiger charge is -2.09. The topological polar surface area (TPSA) is 112 Å². The van der Waals surface area contributed by atoms with Crippen LogP contribution in [0, 0.1) is 6.92 Å². The number of rotatable bonds is 4. The minimum Gasteiger partial charge on any atom is -0.379 e. The molecule has 0 unspecified atom stereocenters. The van der Waals surface area contributed by atoms with Crippen molar-refractivity contribution in [2.24, 2.45) is 0 Å². The van der Waals surface area contributed by atoms with E-state index in [1.807, 2.05) is 55.5 Å². The molecule has 8 heteroatoms. The maximum absolute atomic E-state index is 12.6. The first kappa shape index (κ1) is 15.8. The van der Waals surface area contributed by atoms with Gasteiger partial charge in [0, 0.05) is 5.69 Å². The van der Waals surface area contributed by atoms with E-state index >= 15 is 0 Å². The quantitative estimate of drug-likeness (QED) is 0.586. The van der Waals surface area contributed by atoms with Crippen LogP contribution in [0.4, 0.5) is 11.5 Å². The molecule has 0 atom stereocenters. The summed E-state index contributed by atoms with van der Waals surface area (Å²) in [5.41, 5.74) is 9.50. The van der Waals surface area contributed by atoms with Crippen LogP contribution in [-0.4, -0.2) is 25.8 Å². The number of nitrogen functional groups attached to an aromatic ring is 1. The van der Waals surface area contributed by atoms with Crippen LogP contribution < -0.4 is 11.1 Å². The van der Waals surface area contributed by atoms with Gasteiger partial charge in [0.25, 0.3) is 0 Å². The van der Waals surface area contributed by atoms with Crippen LogP contribution in [0.2, 0.25) is 0 Å². The van der Waals surface area contributed by atoms with Crippen molar-refractivity contribution in [1.82, 2.24) is 19.9 Å². The Kier molecular flexibility index (Phi) is 3.85. The molecule has 0 fully saturated rings. The second-order valence-corrected chi connectivity index (χ2v) is 5.92. The SMILES string of the molecule is Cc1ccc(NC(=O)Cn2c(-c3nonc3N)nc3ccccc32)cc1. The highest BCUT2D eigenvalue weighted by molar-refractivity contribution is 5.92. The number of hydrogen-bond acceptors (Lipinski definition) is 6. The fourth-order valence-electron chi connectivity index (χ4n) is 2.75. The Balaban J connectivity index is 1.70. The summed E-state index contributed by atoms with van der Waals surface area (Å²) in [4.78, 5) is 17.1. The van der Waals surface area contributed by atoms with E-state index in [0.29, 0.717) is 11.5 Å². The third kappa shape index (κ3) is 2.88. The summed E-state index contributed by atoms with van der Waals surface area (Å²) in [6, 6.07) is 15.1. The van der Waals surface area contributed by atoms with E-state index in [4.69, 9.17) is 5.73 Å². The number of carbonyl (C=O) groups is 1. The molecule has 0 aliphatic heterocycles. The van der Waals surface area contributed by atoms with Crippen molar-refractivity contribution in [3.63, 3.8) is 0 Å². The minimum atomic E-state index is -0.187. The molecule has 2 aromatic carbocycles. The molecule has 3 N–H and O–H groups in total. The van der Waals surface area contributed by atoms with Crippen LogP contribution in [0.15, 0.2) is 53.2 Å². The lowest BCUT2D eigenvalue weighted by Crippen LogP contribution is -2.19. The van der Waals surface area contributed by atoms with Gasteiger partial charge in [-0.1, -0.05) is 29.8 Å². The zero-order valence-electron chi connectivity index (χ0n) is 14.0. The Bertz CT molecular complexity index is 1080. The smallest absolute Gasteiger partial charge is 0.244 e. The molecule has 4 aromatic rings. The summed E-state index contributed by atoms with van der Waals surface area (Å²) in [6.07, 6.45) is 0. The molecule has 0 bridgehead atoms. The lowest BCUT2D eigenvalue weighted by atomic mass is 10.2. The van der Waals surface area contributed by atoms with Gasteiger partial charge in [-0.3, -0.25) is 4.79 Å². The van der Waals surface area contributed by atoms with Gasteiger partial charge in [-0.25, -0.2) is 9.61 Å². The average molecular weight is 348 g/mol. The highest BCUT2D eigenvalue weighted by atomic mass is 16.6. The number of nitrogens with one attached hydrogen (secondary N) is 1. The Labute approximate surface area is 148 Å². The highest BCUT2D eigenvalue weighted by Crippen LogP contribution is 2.26. The predicted octanol–water partition coefficient (Wildman–Crippen LogP) is 2.62. The summed E-state index contributed by atoms with van der Waals surface area (Å²) < 4.78 is 6.43. The molecule has 2 aromatic heterocycles. The average Bonchev–Trinajstić information content (AvgIpc) is 3.21. The molecule has 26 heavy (non-hydrogen) atoms. The zero-order valence-corrected chi connectivity index (χ0v) is 14.0. The molecule has 0 aliphatic rings. The Hall–Kier alpha value is -3.68. The fraction of sp³-hybridized carbons (Fsp3) is 0.111. The molecule has 0 aliphatic carbocycles. The van der Waals surface area contributed by atoms with Gasteiger partial charge < -0.3 is 15.6 Å². The number of aromatic nitrogens is 4. The first-order chi connectivity index (χ1) is 12.6. The number of hydrogen-bond donors (Lipinski definition) is 2. The van der Waals surface area contributed by atoms with E-state index < -0.39 is 0 Å². The van der Waals surface area contributed by atoms with Crippen LogP contribution >= 0.6 is 0 Å². The minimum absolute atomic E-state index is 0.0516. The summed E-state index contributed by atoms with van der Waals surface area (Å²) in [5, 5.41) is 10.3. The molecule has 4 rings (SSSR count). The lowest BCUT2D eigenvalue weighted by molar-refractivity contribution is -0.116. The van der Waals surface area contributed by atoms with E-state index in [1.165, 1.54) is 0 Å². The molecule has 8 nitrogen and oxygen atoms in total. The number of benzene rings is 2. The van der Waals surface area contributed by atoms with Crippen LogP contribution in [0.5, 0.6) is 0 Å². The van der Waals surface area contributed by atoms with Crippen molar-refractivity contribution in [3.05, 3.63) is 54.1 Å². The number of amides is 1. The van der Waals surface area contributed by atoms with Crippen molar-refractivity contribution in [1.29, 1.82) is 0 Å². The normalized spacial score (nSPS) is 11.0. The van der Waals surface area contributed by atoms with Crippen LogP contribution in [0.25, 0.3) is 22.6 Å². The third-order valence-corrected chi connectivity index (χ3v) is 4.02. The molecule has 2 heterocycles. The van der Waals surface area contributed by atoms with Gasteiger partial charge in [-0.05, 0) is 41.5 Å². The van der Waals surface area contributed by atoms with Crippen molar-refractivity contribution < 1.29 is 9.42 Å². The fourth-order valence-corrected chi connectivity index (χ4v) is 2.75. The summed E-state index contributed by atoms with van der Waals surface area (Å²) in [6.45, 7) is 2.04. The second kappa shape index (κ2) is 6.32. The third-order valence-electron chi connectivity index (χ3n) is 4.02. The van der Waals surface area contributed by atoms with Crippen LogP contribution in [0.3, 0.4) is 0 Å². The molecular weight excluding hydrogens is 332 g/mol. The number of anilines is 2. The van der Waals surface area contributed by atoms with Crippen LogP contribution in [-0.2, 0) is 11.3 Å². The number of carbonyl (C=O) groups excluding carboxylic acids is 1. The van der Waals surface area contributed by atoms with E-state index in [9.17, 15) is 4.79 Å². The van der Waals surface area contributed by atoms with Gasteiger partial charge in [-0.2, -0.15) is 0 Å². The molecule has 0 radical (unpaired) electrons. The monoisotopic (exact) mass is 348 g/mol. The number of para-hydroxylation sites is 2. The van der Waals surface area contributed by atoms with Crippen molar-refractivity contribution in [2.75, 3.05) is 11.1 Å². The van der Waals surface area contributed by atoms with Crippen molar-refractivity contribution in [3.8, 4) is 11.5 Å². The first-order valence-electron chi connectivity index (χ1n) is 8.02. The van der Waals surface area contributed by atoms with Gasteiger partial charge in [0.15, 0.2) is 17.3 Å². The van der Waals surface area contributed by atoms with Gasteiger partial charge in [0.2, 0.25) is 5.91 Å².